The fourth-order valence-corrected chi connectivity index (χ4v) is 13.6. The summed E-state index contributed by atoms with van der Waals surface area (Å²) in [5.41, 5.74) is 13.8. The van der Waals surface area contributed by atoms with Crippen LogP contribution in [0.5, 0.6) is 0 Å². The molecule has 4 aromatic heterocycles. The lowest BCUT2D eigenvalue weighted by Crippen LogP contribution is -2.48. The summed E-state index contributed by atoms with van der Waals surface area (Å²) in [5, 5.41) is 5.71. The summed E-state index contributed by atoms with van der Waals surface area (Å²) in [6.45, 7) is 20.0. The van der Waals surface area contributed by atoms with Crippen LogP contribution in [0, 0.1) is 0 Å². The monoisotopic (exact) mass is 1610 g/mol. The average molecular weight is 1620 g/mol. The summed E-state index contributed by atoms with van der Waals surface area (Å²) < 4.78 is 31.0. The molecule has 0 radical (unpaired) electrons. The lowest BCUT2D eigenvalue weighted by Gasteiger charge is -2.33. The standard InChI is InChI=1S/C23H29N3O5S.C22H25N3O4S.C12H11NO2S.C10H20N2O2.C3Cl6O3/c1-23(2,3)31-22(29)26-12-10-16(11-13-26)24-21(28)25-17-14-18(15-8-6-5-7-9-15)32-19(17)20(27)30-4;1-22(2,3)29-21(28)24-11-9-15(10-12-24)25-19(26)18-16(23-20(25)27)13-17(30-18)14-7-5-4-6-8-14;1-15-12(14)11-9(13)7-10(16-11)8-5-3-2-4-6-8;1-10(2,3)14-9(13)12-6-4-8(11)5-7-12;4-2(5,6)11-1(10)12-3(7,8)9/h5-9,14,16H,10-13H2,1-4H3,(H2,24,25,28);4-8,13,15H,9-12H2,1-3H3,(H,23,27);2-7H,13H2,1H3;8H,4-7,11H2,1-3H3;. The SMILES string of the molecule is CC(C)(C)OC(=O)N1CCC(N)CC1.CC(C)(C)OC(=O)N1CCC(n2c(=O)[nH]c3cc(-c4ccccc4)sc3c2=O)CC1.COC(=O)c1sc(-c2ccccc2)cc1N.COC(=O)c1sc(-c2ccccc2)cc1NC(=O)NC1CCN(C(=O)OC(C)(C)C)CC1.O=C(OC(Cl)(Cl)Cl)OC(Cl)(Cl)Cl. The molecule has 3 aromatic carbocycles. The Morgan fingerprint density at radius 3 is 1.29 bits per heavy atom. The van der Waals surface area contributed by atoms with Crippen molar-refractivity contribution in [2.24, 2.45) is 5.73 Å². The number of likely N-dealkylation sites (tertiary alicyclic amines) is 3. The predicted molar refractivity (Wildman–Crippen MR) is 411 cm³/mol. The van der Waals surface area contributed by atoms with Crippen LogP contribution in [-0.2, 0) is 33.2 Å². The highest BCUT2D eigenvalue weighted by atomic mass is 35.6. The number of rotatable bonds is 8. The number of H-pyrrole nitrogens is 1. The number of alkyl halides is 6. The molecule has 7 N–H and O–H groups in total. The molecule has 0 bridgehead atoms. The van der Waals surface area contributed by atoms with Crippen LogP contribution >= 0.6 is 104 Å². The number of esters is 2. The number of hydrogen-bond donors (Lipinski definition) is 5. The summed E-state index contributed by atoms with van der Waals surface area (Å²) >= 11 is 34.2. The highest BCUT2D eigenvalue weighted by Crippen LogP contribution is 2.38. The number of anilines is 2. The van der Waals surface area contributed by atoms with E-state index in [0.29, 0.717) is 83.2 Å². The van der Waals surface area contributed by atoms with Crippen molar-refractivity contribution < 1.29 is 66.7 Å². The Bertz CT molecular complexity index is 4130. The maximum atomic E-state index is 13.1. The molecule has 5 amide bonds. The summed E-state index contributed by atoms with van der Waals surface area (Å²) in [5.74, 6) is -0.886. The summed E-state index contributed by atoms with van der Waals surface area (Å²) in [7, 11) is 2.66. The average Bonchev–Trinajstić information content (AvgIpc) is 1.41. The van der Waals surface area contributed by atoms with Crippen LogP contribution in [-0.4, -0.2) is 157 Å². The molecular formula is C70H85Cl6N9O16S3. The second kappa shape index (κ2) is 38.2. The number of urea groups is 1. The fourth-order valence-electron chi connectivity index (χ4n) is 10.1. The van der Waals surface area contributed by atoms with Gasteiger partial charge in [-0.1, -0.05) is 91.0 Å². The zero-order chi connectivity index (χ0) is 77.1. The smallest absolute Gasteiger partial charge is 0.465 e. The Hall–Kier alpha value is -7.51. The van der Waals surface area contributed by atoms with Crippen LogP contribution in [0.4, 0.5) is 35.3 Å². The van der Waals surface area contributed by atoms with Crippen molar-refractivity contribution in [2.45, 2.75) is 144 Å². The number of benzene rings is 3. The first-order valence-corrected chi connectivity index (χ1v) is 37.3. The van der Waals surface area contributed by atoms with Crippen LogP contribution in [0.3, 0.4) is 0 Å². The van der Waals surface area contributed by atoms with Gasteiger partial charge in [-0.15, -0.1) is 34.0 Å². The minimum Gasteiger partial charge on any atom is -0.465 e. The Morgan fingerprint density at radius 1 is 0.510 bits per heavy atom. The van der Waals surface area contributed by atoms with Gasteiger partial charge < -0.3 is 74.9 Å². The quantitative estimate of drug-likeness (QED) is 0.0536. The largest absolute Gasteiger partial charge is 0.515 e. The van der Waals surface area contributed by atoms with E-state index < -0.39 is 48.6 Å². The van der Waals surface area contributed by atoms with Crippen molar-refractivity contribution in [3.05, 3.63) is 140 Å². The van der Waals surface area contributed by atoms with E-state index in [1.807, 2.05) is 159 Å². The van der Waals surface area contributed by atoms with Crippen LogP contribution in [0.2, 0.25) is 0 Å². The number of piperidine rings is 3. The molecule has 0 unspecified atom stereocenters. The Balaban J connectivity index is 0.000000216. The molecule has 0 saturated carbocycles. The van der Waals surface area contributed by atoms with E-state index in [1.54, 1.807) is 26.8 Å². The molecule has 3 saturated heterocycles. The number of aromatic amines is 1. The van der Waals surface area contributed by atoms with Crippen molar-refractivity contribution >= 4 is 168 Å². The summed E-state index contributed by atoms with van der Waals surface area (Å²) in [6.07, 6.45) is 1.73. The molecule has 10 rings (SSSR count). The topological polar surface area (TPSA) is 325 Å². The molecule has 0 aliphatic carbocycles. The van der Waals surface area contributed by atoms with Gasteiger partial charge in [0.2, 0.25) is 0 Å². The van der Waals surface area contributed by atoms with E-state index in [4.69, 9.17) is 100 Å². The van der Waals surface area contributed by atoms with E-state index in [-0.39, 0.29) is 47.9 Å². The van der Waals surface area contributed by atoms with Gasteiger partial charge in [-0.3, -0.25) is 9.36 Å². The lowest BCUT2D eigenvalue weighted by molar-refractivity contribution is 0.0179. The molecule has 25 nitrogen and oxygen atoms in total. The molecule has 3 aliphatic rings. The molecule has 7 heterocycles. The number of nitrogens with zero attached hydrogens (tertiary/aromatic N) is 4. The fraction of sp³-hybridized carbons (Fsp3) is 0.443. The van der Waals surface area contributed by atoms with E-state index in [9.17, 15) is 43.2 Å². The first kappa shape index (κ1) is 85.4. The van der Waals surface area contributed by atoms with Crippen molar-refractivity contribution in [3.8, 4) is 31.3 Å². The molecule has 0 atom stereocenters. The van der Waals surface area contributed by atoms with Crippen molar-refractivity contribution in [2.75, 3.05) is 64.5 Å². The maximum Gasteiger partial charge on any atom is 0.515 e. The van der Waals surface area contributed by atoms with Gasteiger partial charge in [0.05, 0.1) is 31.1 Å². The van der Waals surface area contributed by atoms with Crippen LogP contribution in [0.1, 0.15) is 126 Å². The van der Waals surface area contributed by atoms with Gasteiger partial charge in [-0.2, -0.15) is 0 Å². The number of carbonyl (C=O) groups excluding carboxylic acids is 7. The molecule has 7 aromatic rings. The zero-order valence-electron chi connectivity index (χ0n) is 59.1. The number of nitrogens with two attached hydrogens (primary N) is 2. The lowest BCUT2D eigenvalue weighted by atomic mass is 10.1. The molecule has 3 fully saturated rings. The van der Waals surface area contributed by atoms with Crippen LogP contribution in [0.25, 0.3) is 41.5 Å². The van der Waals surface area contributed by atoms with E-state index in [2.05, 4.69) is 29.8 Å². The highest BCUT2D eigenvalue weighted by molar-refractivity contribution is 7.22. The maximum absolute atomic E-state index is 13.1. The zero-order valence-corrected chi connectivity index (χ0v) is 66.1. The van der Waals surface area contributed by atoms with Crippen molar-refractivity contribution in [1.29, 1.82) is 0 Å². The van der Waals surface area contributed by atoms with Gasteiger partial charge in [-0.05, 0) is 205 Å². The number of nitrogens with one attached hydrogen (secondary N) is 3. The molecular weight excluding hydrogens is 1530 g/mol. The minimum atomic E-state index is -2.24. The minimum absolute atomic E-state index is 0.0810. The van der Waals surface area contributed by atoms with Gasteiger partial charge in [0.25, 0.3) is 5.56 Å². The van der Waals surface area contributed by atoms with E-state index >= 15 is 0 Å². The third-order valence-electron chi connectivity index (χ3n) is 14.8. The van der Waals surface area contributed by atoms with Crippen molar-refractivity contribution in [1.82, 2.24) is 29.6 Å². The second-order valence-corrected chi connectivity index (χ2v) is 34.0. The van der Waals surface area contributed by atoms with Gasteiger partial charge in [-0.25, -0.2) is 38.4 Å². The van der Waals surface area contributed by atoms with Gasteiger partial charge in [0, 0.05) is 72.0 Å². The molecule has 566 valence electrons. The first-order chi connectivity index (χ1) is 48.6. The third-order valence-corrected chi connectivity index (χ3v) is 18.8. The second-order valence-electron chi connectivity index (χ2n) is 26.5. The number of carbonyl (C=O) groups is 7. The number of nitrogen functional groups attached to an aromatic ring is 1. The number of aromatic nitrogens is 2. The number of amides is 5. The number of hydrogen-bond acceptors (Lipinski definition) is 21. The molecule has 0 spiro atoms. The molecule has 3 aliphatic heterocycles. The van der Waals surface area contributed by atoms with Crippen molar-refractivity contribution in [3.63, 3.8) is 0 Å². The summed E-state index contributed by atoms with van der Waals surface area (Å²) in [4.78, 5) is 120. The van der Waals surface area contributed by atoms with Gasteiger partial charge in [0.1, 0.15) is 31.3 Å². The number of ether oxygens (including phenoxy) is 7. The number of methoxy groups -OCH3 is 2. The van der Waals surface area contributed by atoms with E-state index in [1.165, 1.54) is 52.8 Å². The Kier molecular flexibility index (Phi) is 31.3. The Labute approximate surface area is 644 Å². The normalized spacial score (nSPS) is 14.6. The number of thiophene rings is 3. The van der Waals surface area contributed by atoms with Gasteiger partial charge in [0.15, 0.2) is 0 Å². The van der Waals surface area contributed by atoms with Crippen LogP contribution < -0.4 is 33.3 Å². The third kappa shape index (κ3) is 28.1. The Morgan fingerprint density at radius 2 is 0.885 bits per heavy atom. The molecule has 34 heteroatoms. The number of fused-ring (bicyclic) bond motifs is 1. The van der Waals surface area contributed by atoms with Gasteiger partial charge >= 0.3 is 56.1 Å². The molecule has 104 heavy (non-hydrogen) atoms. The highest BCUT2D eigenvalue weighted by Gasteiger charge is 2.34. The van der Waals surface area contributed by atoms with E-state index in [0.717, 1.165) is 57.3 Å². The summed E-state index contributed by atoms with van der Waals surface area (Å²) in [6, 6.07) is 34.2. The predicted octanol–water partition coefficient (Wildman–Crippen LogP) is 16.6. The number of halogens is 6. The van der Waals surface area contributed by atoms with Crippen LogP contribution in [0.15, 0.2) is 119 Å². The first-order valence-electron chi connectivity index (χ1n) is 32.6.